The summed E-state index contributed by atoms with van der Waals surface area (Å²) in [5, 5.41) is 8.85. The normalized spacial score (nSPS) is 20.7. The van der Waals surface area contributed by atoms with Crippen molar-refractivity contribution >= 4 is 18.3 Å². The van der Waals surface area contributed by atoms with E-state index in [2.05, 4.69) is 0 Å². The van der Waals surface area contributed by atoms with Crippen molar-refractivity contribution in [3.05, 3.63) is 23.8 Å². The van der Waals surface area contributed by atoms with Crippen molar-refractivity contribution in [2.24, 2.45) is 0 Å². The van der Waals surface area contributed by atoms with E-state index in [4.69, 9.17) is 20.3 Å². The fourth-order valence-electron chi connectivity index (χ4n) is 1.81. The van der Waals surface area contributed by atoms with Gasteiger partial charge in [-0.3, -0.25) is 0 Å². The molecule has 94 valence electrons. The van der Waals surface area contributed by atoms with Crippen LogP contribution in [0.5, 0.6) is 0 Å². The van der Waals surface area contributed by atoms with E-state index >= 15 is 0 Å². The predicted molar refractivity (Wildman–Crippen MR) is 71.3 cm³/mol. The maximum atomic E-state index is 8.85. The molecule has 0 spiro atoms. The molecule has 0 bridgehead atoms. The summed E-state index contributed by atoms with van der Waals surface area (Å²) in [5.74, 6) is 0. The molecule has 18 heavy (non-hydrogen) atoms. The second kappa shape index (κ2) is 4.01. The highest BCUT2D eigenvalue weighted by Gasteiger charge is 2.51. The number of nitrogen functional groups attached to an aromatic ring is 1. The molecule has 0 amide bonds. The first-order valence-corrected chi connectivity index (χ1v) is 5.92. The molecule has 0 saturated carbocycles. The van der Waals surface area contributed by atoms with E-state index < -0.39 is 7.12 Å². The van der Waals surface area contributed by atoms with E-state index in [-0.39, 0.29) is 11.2 Å². The number of hydrogen-bond donors (Lipinski definition) is 1. The second-order valence-electron chi connectivity index (χ2n) is 5.55. The largest absolute Gasteiger partial charge is 0.494 e. The maximum absolute atomic E-state index is 8.85. The van der Waals surface area contributed by atoms with Gasteiger partial charge in [0.15, 0.2) is 0 Å². The van der Waals surface area contributed by atoms with Crippen LogP contribution in [0.25, 0.3) is 0 Å². The van der Waals surface area contributed by atoms with Gasteiger partial charge in [-0.25, -0.2) is 0 Å². The quantitative estimate of drug-likeness (QED) is 0.599. The first-order chi connectivity index (χ1) is 8.27. The van der Waals surface area contributed by atoms with Crippen LogP contribution in [0.2, 0.25) is 0 Å². The number of benzene rings is 1. The Morgan fingerprint density at radius 3 is 2.17 bits per heavy atom. The van der Waals surface area contributed by atoms with Gasteiger partial charge in [-0.1, -0.05) is 6.07 Å². The third-order valence-electron chi connectivity index (χ3n) is 3.72. The van der Waals surface area contributed by atoms with Crippen LogP contribution in [-0.4, -0.2) is 18.3 Å². The fraction of sp³-hybridized carbons (Fsp3) is 0.462. The van der Waals surface area contributed by atoms with E-state index in [0.29, 0.717) is 11.3 Å². The third-order valence-corrected chi connectivity index (χ3v) is 3.72. The van der Waals surface area contributed by atoms with Crippen molar-refractivity contribution in [3.63, 3.8) is 0 Å². The molecule has 4 nitrogen and oxygen atoms in total. The number of hydrogen-bond acceptors (Lipinski definition) is 4. The number of nitrogens with two attached hydrogens (primary N) is 1. The van der Waals surface area contributed by atoms with Crippen LogP contribution in [0, 0.1) is 11.3 Å². The van der Waals surface area contributed by atoms with Crippen LogP contribution in [-0.2, 0) is 9.31 Å². The van der Waals surface area contributed by atoms with Crippen molar-refractivity contribution in [1.29, 1.82) is 5.26 Å². The van der Waals surface area contributed by atoms with Gasteiger partial charge in [0.1, 0.15) is 6.07 Å². The Kier molecular flexibility index (Phi) is 2.88. The first-order valence-electron chi connectivity index (χ1n) is 5.92. The van der Waals surface area contributed by atoms with Crippen molar-refractivity contribution in [1.82, 2.24) is 0 Å². The summed E-state index contributed by atoms with van der Waals surface area (Å²) in [7, 11) is -0.440. The Bertz CT molecular complexity index is 504. The molecule has 0 atom stereocenters. The van der Waals surface area contributed by atoms with E-state index in [1.807, 2.05) is 39.8 Å². The van der Waals surface area contributed by atoms with Gasteiger partial charge in [-0.05, 0) is 45.3 Å². The maximum Gasteiger partial charge on any atom is 0.494 e. The standard InChI is InChI=1S/C13H17BN2O2/c1-12(2)13(3,4)18-14(17-12)10-6-5-9(8-15)11(16)7-10/h5-7H,16H2,1-4H3. The lowest BCUT2D eigenvalue weighted by Gasteiger charge is -2.32. The number of nitriles is 1. The van der Waals surface area contributed by atoms with Crippen LogP contribution >= 0.6 is 0 Å². The van der Waals surface area contributed by atoms with Crippen LogP contribution in [0.15, 0.2) is 18.2 Å². The Labute approximate surface area is 108 Å². The van der Waals surface area contributed by atoms with Gasteiger partial charge in [0.2, 0.25) is 0 Å². The van der Waals surface area contributed by atoms with E-state index in [0.717, 1.165) is 5.46 Å². The molecular formula is C13H17BN2O2. The highest BCUT2D eigenvalue weighted by atomic mass is 16.7. The molecule has 0 unspecified atom stereocenters. The summed E-state index contributed by atoms with van der Waals surface area (Å²) in [4.78, 5) is 0. The molecule has 2 N–H and O–H groups in total. The lowest BCUT2D eigenvalue weighted by Crippen LogP contribution is -2.41. The molecule has 0 aromatic heterocycles. The van der Waals surface area contributed by atoms with Crippen LogP contribution in [0.4, 0.5) is 5.69 Å². The lowest BCUT2D eigenvalue weighted by atomic mass is 9.78. The summed E-state index contributed by atoms with van der Waals surface area (Å²) in [5.41, 5.74) is 6.81. The molecule has 2 rings (SSSR count). The van der Waals surface area contributed by atoms with Crippen molar-refractivity contribution < 1.29 is 9.31 Å². The topological polar surface area (TPSA) is 68.3 Å². The summed E-state index contributed by atoms with van der Waals surface area (Å²) in [6.45, 7) is 8.00. The smallest absolute Gasteiger partial charge is 0.399 e. The zero-order valence-corrected chi connectivity index (χ0v) is 11.2. The zero-order valence-electron chi connectivity index (χ0n) is 11.2. The average molecular weight is 244 g/mol. The Balaban J connectivity index is 2.31. The summed E-state index contributed by atoms with van der Waals surface area (Å²) in [6, 6.07) is 7.28. The monoisotopic (exact) mass is 244 g/mol. The van der Waals surface area contributed by atoms with E-state index in [1.165, 1.54) is 0 Å². The Hall–Kier alpha value is -1.51. The first kappa shape index (κ1) is 12.9. The highest BCUT2D eigenvalue weighted by molar-refractivity contribution is 6.62. The van der Waals surface area contributed by atoms with Crippen LogP contribution in [0.3, 0.4) is 0 Å². The van der Waals surface area contributed by atoms with Crippen molar-refractivity contribution in [2.45, 2.75) is 38.9 Å². The van der Waals surface area contributed by atoms with Crippen LogP contribution in [0.1, 0.15) is 33.3 Å². The average Bonchev–Trinajstić information content (AvgIpc) is 2.48. The summed E-state index contributed by atoms with van der Waals surface area (Å²) < 4.78 is 11.8. The molecular weight excluding hydrogens is 227 g/mol. The molecule has 0 aliphatic carbocycles. The minimum atomic E-state index is -0.440. The lowest BCUT2D eigenvalue weighted by molar-refractivity contribution is 0.00578. The Morgan fingerprint density at radius 2 is 1.72 bits per heavy atom. The molecule has 1 heterocycles. The van der Waals surface area contributed by atoms with Crippen LogP contribution < -0.4 is 11.2 Å². The minimum absolute atomic E-state index is 0.375. The molecule has 1 saturated heterocycles. The zero-order chi connectivity index (χ0) is 13.6. The van der Waals surface area contributed by atoms with Gasteiger partial charge in [0.05, 0.1) is 16.8 Å². The van der Waals surface area contributed by atoms with Gasteiger partial charge in [0.25, 0.3) is 0 Å². The minimum Gasteiger partial charge on any atom is -0.399 e. The van der Waals surface area contributed by atoms with E-state index in [1.54, 1.807) is 12.1 Å². The Morgan fingerprint density at radius 1 is 1.17 bits per heavy atom. The molecule has 0 radical (unpaired) electrons. The second-order valence-corrected chi connectivity index (χ2v) is 5.55. The van der Waals surface area contributed by atoms with Gasteiger partial charge in [-0.2, -0.15) is 5.26 Å². The number of rotatable bonds is 1. The van der Waals surface area contributed by atoms with Gasteiger partial charge < -0.3 is 15.0 Å². The molecule has 5 heteroatoms. The fourth-order valence-corrected chi connectivity index (χ4v) is 1.81. The van der Waals surface area contributed by atoms with Gasteiger partial charge in [-0.15, -0.1) is 0 Å². The number of nitrogens with zero attached hydrogens (tertiary/aromatic N) is 1. The van der Waals surface area contributed by atoms with Crippen molar-refractivity contribution in [3.8, 4) is 6.07 Å². The summed E-state index contributed by atoms with van der Waals surface area (Å²) in [6.07, 6.45) is 0. The highest BCUT2D eigenvalue weighted by Crippen LogP contribution is 2.36. The molecule has 1 aromatic rings. The van der Waals surface area contributed by atoms with E-state index in [9.17, 15) is 0 Å². The van der Waals surface area contributed by atoms with Crippen molar-refractivity contribution in [2.75, 3.05) is 5.73 Å². The number of anilines is 1. The molecule has 1 aliphatic heterocycles. The predicted octanol–water partition coefficient (Wildman–Crippen LogP) is 1.44. The van der Waals surface area contributed by atoms with Gasteiger partial charge in [0, 0.05) is 5.69 Å². The molecule has 1 aliphatic rings. The summed E-state index contributed by atoms with van der Waals surface area (Å²) >= 11 is 0. The SMILES string of the molecule is CC1(C)OB(c2ccc(C#N)c(N)c2)OC1(C)C. The molecule has 1 aromatic carbocycles. The third kappa shape index (κ3) is 1.98. The van der Waals surface area contributed by atoms with Gasteiger partial charge >= 0.3 is 7.12 Å². The molecule has 1 fully saturated rings.